The van der Waals surface area contributed by atoms with Crippen molar-refractivity contribution < 1.29 is 37.3 Å². The van der Waals surface area contributed by atoms with E-state index in [2.05, 4.69) is 4.98 Å². The molecule has 0 amide bonds. The third-order valence-electron chi connectivity index (χ3n) is 6.02. The molecule has 0 bridgehead atoms. The highest BCUT2D eigenvalue weighted by Crippen LogP contribution is 2.41. The van der Waals surface area contributed by atoms with Crippen LogP contribution in [0.3, 0.4) is 0 Å². The number of nitrogens with zero attached hydrogens (tertiary/aromatic N) is 2. The van der Waals surface area contributed by atoms with Gasteiger partial charge in [-0.2, -0.15) is 0 Å². The fourth-order valence-electron chi connectivity index (χ4n) is 4.24. The third kappa shape index (κ3) is 6.49. The molecule has 2 heterocycles. The molecule has 1 atom stereocenters. The molecule has 2 N–H and O–H groups in total. The SMILES string of the molecule is CC(=Cc1ccc2c(c1)N(S(=O)(=O)c1cc(Cl)cnc1OCCO)C[C@H](CCC(=O)O)O2)c1c(F)cccc1Cl. The number of hydrogen-bond acceptors (Lipinski definition) is 7. The first-order valence-corrected chi connectivity index (χ1v) is 14.3. The highest BCUT2D eigenvalue weighted by Gasteiger charge is 2.37. The van der Waals surface area contributed by atoms with Crippen LogP contribution in [0, 0.1) is 5.82 Å². The van der Waals surface area contributed by atoms with Gasteiger partial charge in [0.25, 0.3) is 10.0 Å². The van der Waals surface area contributed by atoms with Crippen molar-refractivity contribution in [2.24, 2.45) is 0 Å². The topological polar surface area (TPSA) is 126 Å². The fourth-order valence-corrected chi connectivity index (χ4v) is 6.38. The Labute approximate surface area is 240 Å². The summed E-state index contributed by atoms with van der Waals surface area (Å²) in [5, 5.41) is 18.6. The van der Waals surface area contributed by atoms with Crippen LogP contribution in [-0.4, -0.2) is 55.4 Å². The Morgan fingerprint density at radius 3 is 2.75 bits per heavy atom. The summed E-state index contributed by atoms with van der Waals surface area (Å²) in [5.74, 6) is -1.60. The molecule has 2 aromatic carbocycles. The average molecular weight is 611 g/mol. The maximum Gasteiger partial charge on any atom is 0.303 e. The van der Waals surface area contributed by atoms with Crippen LogP contribution in [-0.2, 0) is 14.8 Å². The summed E-state index contributed by atoms with van der Waals surface area (Å²) in [6, 6.07) is 10.3. The Morgan fingerprint density at radius 1 is 1.27 bits per heavy atom. The Kier molecular flexibility index (Phi) is 9.19. The van der Waals surface area contributed by atoms with Gasteiger partial charge in [-0.1, -0.05) is 41.4 Å². The number of fused-ring (bicyclic) bond motifs is 1. The number of allylic oxidation sites excluding steroid dienone is 1. The average Bonchev–Trinajstić information content (AvgIpc) is 2.90. The molecule has 1 aliphatic heterocycles. The Morgan fingerprint density at radius 2 is 2.05 bits per heavy atom. The number of benzene rings is 2. The first-order chi connectivity index (χ1) is 19.0. The molecule has 0 saturated carbocycles. The van der Waals surface area contributed by atoms with Crippen molar-refractivity contribution in [3.63, 3.8) is 0 Å². The smallest absolute Gasteiger partial charge is 0.303 e. The molecule has 0 fully saturated rings. The summed E-state index contributed by atoms with van der Waals surface area (Å²) in [7, 11) is -4.39. The second kappa shape index (κ2) is 12.4. The molecule has 9 nitrogen and oxygen atoms in total. The van der Waals surface area contributed by atoms with E-state index in [9.17, 15) is 22.7 Å². The van der Waals surface area contributed by atoms with E-state index < -0.39 is 27.9 Å². The minimum atomic E-state index is -4.39. The lowest BCUT2D eigenvalue weighted by molar-refractivity contribution is -0.137. The van der Waals surface area contributed by atoms with Crippen molar-refractivity contribution in [2.75, 3.05) is 24.1 Å². The van der Waals surface area contributed by atoms with Gasteiger partial charge in [-0.3, -0.25) is 9.10 Å². The summed E-state index contributed by atoms with van der Waals surface area (Å²) in [5.41, 5.74) is 1.42. The molecule has 0 aliphatic carbocycles. The number of anilines is 1. The maximum atomic E-state index is 14.5. The summed E-state index contributed by atoms with van der Waals surface area (Å²) >= 11 is 12.3. The van der Waals surface area contributed by atoms with Crippen LogP contribution in [0.5, 0.6) is 11.6 Å². The Balaban J connectivity index is 1.82. The molecule has 0 saturated heterocycles. The molecular weight excluding hydrogens is 586 g/mol. The summed E-state index contributed by atoms with van der Waals surface area (Å²) in [6.45, 7) is 0.895. The highest BCUT2D eigenvalue weighted by atomic mass is 35.5. The van der Waals surface area contributed by atoms with E-state index in [1.54, 1.807) is 37.3 Å². The number of aromatic nitrogens is 1. The van der Waals surface area contributed by atoms with Crippen LogP contribution in [0.1, 0.15) is 30.9 Å². The minimum absolute atomic E-state index is 0.0416. The van der Waals surface area contributed by atoms with Crippen LogP contribution >= 0.6 is 23.2 Å². The first kappa shape index (κ1) is 29.6. The summed E-state index contributed by atoms with van der Waals surface area (Å²) < 4.78 is 55.0. The van der Waals surface area contributed by atoms with Crippen molar-refractivity contribution >= 4 is 56.5 Å². The number of aliphatic carboxylic acids is 1. The van der Waals surface area contributed by atoms with Crippen LogP contribution in [0.4, 0.5) is 10.1 Å². The maximum absolute atomic E-state index is 14.5. The highest BCUT2D eigenvalue weighted by molar-refractivity contribution is 7.93. The van der Waals surface area contributed by atoms with E-state index in [0.717, 1.165) is 4.31 Å². The molecule has 0 radical (unpaired) electrons. The molecule has 0 spiro atoms. The predicted octanol–water partition coefficient (Wildman–Crippen LogP) is 5.28. The monoisotopic (exact) mass is 610 g/mol. The number of carboxylic acids is 1. The van der Waals surface area contributed by atoms with Crippen LogP contribution < -0.4 is 13.8 Å². The summed E-state index contributed by atoms with van der Waals surface area (Å²) in [6.07, 6.45) is 1.92. The predicted molar refractivity (Wildman–Crippen MR) is 149 cm³/mol. The largest absolute Gasteiger partial charge is 0.486 e. The van der Waals surface area contributed by atoms with Crippen molar-refractivity contribution in [1.29, 1.82) is 0 Å². The molecule has 0 unspecified atom stereocenters. The van der Waals surface area contributed by atoms with Gasteiger partial charge in [0.1, 0.15) is 24.3 Å². The van der Waals surface area contributed by atoms with Crippen molar-refractivity contribution in [2.45, 2.75) is 30.8 Å². The van der Waals surface area contributed by atoms with Gasteiger partial charge in [0.15, 0.2) is 4.90 Å². The number of aliphatic hydroxyl groups excluding tert-OH is 1. The van der Waals surface area contributed by atoms with Crippen LogP contribution in [0.25, 0.3) is 11.6 Å². The quantitative estimate of drug-likeness (QED) is 0.297. The van der Waals surface area contributed by atoms with E-state index in [1.807, 2.05) is 0 Å². The third-order valence-corrected chi connectivity index (χ3v) is 8.31. The number of carbonyl (C=O) groups is 1. The molecule has 212 valence electrons. The number of aliphatic hydroxyl groups is 1. The molecule has 40 heavy (non-hydrogen) atoms. The molecular formula is C27H25Cl2FN2O7S. The van der Waals surface area contributed by atoms with E-state index >= 15 is 0 Å². The Bertz CT molecular complexity index is 1550. The molecule has 13 heteroatoms. The lowest BCUT2D eigenvalue weighted by Crippen LogP contribution is -2.44. The van der Waals surface area contributed by atoms with Gasteiger partial charge in [0.2, 0.25) is 5.88 Å². The van der Waals surface area contributed by atoms with Gasteiger partial charge < -0.3 is 19.7 Å². The molecule has 4 rings (SSSR count). The number of hydrogen-bond donors (Lipinski definition) is 2. The van der Waals surface area contributed by atoms with Gasteiger partial charge in [-0.05, 0) is 54.8 Å². The van der Waals surface area contributed by atoms with Crippen molar-refractivity contribution in [3.8, 4) is 11.6 Å². The number of ether oxygens (including phenoxy) is 2. The molecule has 3 aromatic rings. The second-order valence-corrected chi connectivity index (χ2v) is 11.6. The zero-order chi connectivity index (χ0) is 29.0. The van der Waals surface area contributed by atoms with E-state index in [0.29, 0.717) is 11.1 Å². The zero-order valence-corrected chi connectivity index (χ0v) is 23.5. The minimum Gasteiger partial charge on any atom is -0.486 e. The van der Waals surface area contributed by atoms with Crippen molar-refractivity contribution in [1.82, 2.24) is 4.98 Å². The van der Waals surface area contributed by atoms with E-state index in [4.69, 9.17) is 37.8 Å². The van der Waals surface area contributed by atoms with Gasteiger partial charge >= 0.3 is 5.97 Å². The lowest BCUT2D eigenvalue weighted by atomic mass is 10.0. The Hall–Kier alpha value is -3.38. The number of rotatable bonds is 10. The van der Waals surface area contributed by atoms with Crippen LogP contribution in [0.15, 0.2) is 53.6 Å². The standard InChI is InChI=1S/C27H25Cl2FN2O7S/c1-16(26-20(29)3-2-4-21(26)30)11-17-5-7-23-22(12-17)32(15-19(39-23)6-8-25(34)35)40(36,37)24-13-18(28)14-31-27(24)38-10-9-33/h2-5,7,11-14,19,33H,6,8-10,15H2,1H3,(H,34,35)/t19-/m0/s1. The summed E-state index contributed by atoms with van der Waals surface area (Å²) in [4.78, 5) is 14.8. The van der Waals surface area contributed by atoms with Gasteiger partial charge in [-0.15, -0.1) is 0 Å². The van der Waals surface area contributed by atoms with E-state index in [-0.39, 0.29) is 70.4 Å². The van der Waals surface area contributed by atoms with Gasteiger partial charge in [0.05, 0.1) is 28.9 Å². The lowest BCUT2D eigenvalue weighted by Gasteiger charge is -2.35. The number of pyridine rings is 1. The van der Waals surface area contributed by atoms with Crippen molar-refractivity contribution in [3.05, 3.63) is 75.7 Å². The second-order valence-electron chi connectivity index (χ2n) is 8.89. The first-order valence-electron chi connectivity index (χ1n) is 12.1. The van der Waals surface area contributed by atoms with Gasteiger partial charge in [-0.25, -0.2) is 17.8 Å². The number of halogens is 3. The van der Waals surface area contributed by atoms with Crippen LogP contribution in [0.2, 0.25) is 10.0 Å². The van der Waals surface area contributed by atoms with Gasteiger partial charge in [0, 0.05) is 18.2 Å². The number of sulfonamides is 1. The molecule has 1 aliphatic rings. The number of carboxylic acid groups (broad SMARTS) is 1. The van der Waals surface area contributed by atoms with E-state index in [1.165, 1.54) is 24.4 Å². The zero-order valence-electron chi connectivity index (χ0n) is 21.2. The normalized spacial score (nSPS) is 15.4. The molecule has 1 aromatic heterocycles. The fraction of sp³-hybridized carbons (Fsp3) is 0.259.